The van der Waals surface area contributed by atoms with Gasteiger partial charge in [-0.2, -0.15) is 0 Å². The average molecular weight is 172 g/mol. The van der Waals surface area contributed by atoms with E-state index in [2.05, 4.69) is 0 Å². The van der Waals surface area contributed by atoms with Gasteiger partial charge in [0.15, 0.2) is 0 Å². The van der Waals surface area contributed by atoms with E-state index in [9.17, 15) is 0 Å². The molecular formula is C3H8S4. The molecule has 0 bridgehead atoms. The van der Waals surface area contributed by atoms with Gasteiger partial charge in [-0.1, -0.05) is 35.4 Å². The second-order valence-corrected chi connectivity index (χ2v) is 6.86. The summed E-state index contributed by atoms with van der Waals surface area (Å²) in [6.45, 7) is 4.00. The van der Waals surface area contributed by atoms with Gasteiger partial charge in [0.1, 0.15) is 0 Å². The Morgan fingerprint density at radius 1 is 1.00 bits per heavy atom. The quantitative estimate of drug-likeness (QED) is 0.511. The average Bonchev–Trinajstić information content (AvgIpc) is 2.23. The summed E-state index contributed by atoms with van der Waals surface area (Å²) in [6, 6.07) is 0. The highest BCUT2D eigenvalue weighted by Gasteiger charge is 1.98. The Labute approximate surface area is 60.2 Å². The first-order valence-corrected chi connectivity index (χ1v) is 7.23. The highest BCUT2D eigenvalue weighted by molar-refractivity contribution is 9.30. The third kappa shape index (κ3) is 5.27. The minimum absolute atomic E-state index is 1.26. The lowest BCUT2D eigenvalue weighted by atomic mass is 11.0. The lowest BCUT2D eigenvalue weighted by Gasteiger charge is -1.65. The van der Waals surface area contributed by atoms with Crippen LogP contribution in [-0.4, -0.2) is 5.08 Å². The topological polar surface area (TPSA) is 0 Å². The molecule has 1 rings (SSSR count). The van der Waals surface area contributed by atoms with Gasteiger partial charge in [0, 0.05) is 0 Å². The summed E-state index contributed by atoms with van der Waals surface area (Å²) in [5.74, 6) is 0. The molecule has 0 unspecified atom stereocenters. The third-order valence-corrected chi connectivity index (χ3v) is 7.45. The molecular weight excluding hydrogens is 164 g/mol. The molecule has 0 aromatic rings. The van der Waals surface area contributed by atoms with Crippen molar-refractivity contribution in [1.29, 1.82) is 0 Å². The van der Waals surface area contributed by atoms with E-state index in [0.29, 0.717) is 0 Å². The van der Waals surface area contributed by atoms with Crippen LogP contribution in [0.15, 0.2) is 0 Å². The molecule has 0 aromatic carbocycles. The second-order valence-electron chi connectivity index (χ2n) is 0.490. The van der Waals surface area contributed by atoms with Crippen molar-refractivity contribution in [2.24, 2.45) is 0 Å². The lowest BCUT2D eigenvalue weighted by Crippen LogP contribution is -1.38. The highest BCUT2D eigenvalue weighted by atomic mass is 33.7. The van der Waals surface area contributed by atoms with Crippen LogP contribution < -0.4 is 0 Å². The van der Waals surface area contributed by atoms with Crippen LogP contribution in [0.5, 0.6) is 0 Å². The van der Waals surface area contributed by atoms with Gasteiger partial charge in [-0.15, -0.1) is 0 Å². The van der Waals surface area contributed by atoms with Gasteiger partial charge in [-0.25, -0.2) is 0 Å². The van der Waals surface area contributed by atoms with Gasteiger partial charge in [0.2, 0.25) is 0 Å². The van der Waals surface area contributed by atoms with Crippen LogP contribution >= 0.6 is 41.2 Å². The first-order valence-electron chi connectivity index (χ1n) is 2.08. The van der Waals surface area contributed by atoms with Crippen molar-refractivity contribution in [2.45, 2.75) is 13.8 Å². The van der Waals surface area contributed by atoms with E-state index in [1.54, 1.807) is 0 Å². The van der Waals surface area contributed by atoms with Crippen LogP contribution in [-0.2, 0) is 0 Å². The summed E-state index contributed by atoms with van der Waals surface area (Å²) in [5, 5.41) is 1.26. The van der Waals surface area contributed by atoms with Crippen LogP contribution in [0.2, 0.25) is 0 Å². The Kier molecular flexibility index (Phi) is 8.88. The largest absolute Gasteiger partial charge is 0.0698 e. The van der Waals surface area contributed by atoms with Crippen molar-refractivity contribution in [3.05, 3.63) is 0 Å². The molecule has 1 saturated heterocycles. The Bertz CT molecular complexity index is 18.5. The fourth-order valence-corrected chi connectivity index (χ4v) is 7.95. The number of hydrogen-bond acceptors (Lipinski definition) is 4. The fraction of sp³-hybridized carbons (Fsp3) is 1.00. The van der Waals surface area contributed by atoms with Crippen molar-refractivity contribution >= 4 is 41.2 Å². The second kappa shape index (κ2) is 7.40. The smallest absolute Gasteiger partial charge is 0.0616 e. The van der Waals surface area contributed by atoms with Crippen molar-refractivity contribution in [2.75, 3.05) is 5.08 Å². The molecule has 4 heteroatoms. The van der Waals surface area contributed by atoms with Crippen molar-refractivity contribution in [3.8, 4) is 0 Å². The zero-order chi connectivity index (χ0) is 5.54. The molecule has 0 saturated carbocycles. The molecule has 0 atom stereocenters. The Hall–Kier alpha value is 1.40. The summed E-state index contributed by atoms with van der Waals surface area (Å²) in [7, 11) is 7.57. The Morgan fingerprint density at radius 3 is 1.57 bits per heavy atom. The van der Waals surface area contributed by atoms with Crippen molar-refractivity contribution in [3.63, 3.8) is 0 Å². The predicted octanol–water partition coefficient (Wildman–Crippen LogP) is 3.66. The van der Waals surface area contributed by atoms with E-state index in [-0.39, 0.29) is 0 Å². The fourth-order valence-electron chi connectivity index (χ4n) is 0.0982. The molecule has 1 fully saturated rings. The molecule has 1 heterocycles. The summed E-state index contributed by atoms with van der Waals surface area (Å²) in [5.41, 5.74) is 0. The molecule has 0 N–H and O–H groups in total. The summed E-state index contributed by atoms with van der Waals surface area (Å²) in [6.07, 6.45) is 0. The van der Waals surface area contributed by atoms with E-state index in [4.69, 9.17) is 0 Å². The number of rotatable bonds is 0. The SMILES string of the molecule is C1SSSS1.CC. The van der Waals surface area contributed by atoms with E-state index < -0.39 is 0 Å². The van der Waals surface area contributed by atoms with Gasteiger partial charge in [-0.05, 0) is 19.7 Å². The lowest BCUT2D eigenvalue weighted by molar-refractivity contribution is 1.50. The van der Waals surface area contributed by atoms with Crippen LogP contribution in [0, 0.1) is 0 Å². The van der Waals surface area contributed by atoms with Crippen LogP contribution in [0.4, 0.5) is 0 Å². The van der Waals surface area contributed by atoms with Gasteiger partial charge >= 0.3 is 0 Å². The molecule has 7 heavy (non-hydrogen) atoms. The van der Waals surface area contributed by atoms with E-state index in [1.165, 1.54) is 5.08 Å². The van der Waals surface area contributed by atoms with Crippen molar-refractivity contribution < 1.29 is 0 Å². The maximum atomic E-state index is 2.00. The third-order valence-electron chi connectivity index (χ3n) is 0.220. The zero-order valence-corrected chi connectivity index (χ0v) is 7.61. The Morgan fingerprint density at radius 2 is 1.43 bits per heavy atom. The molecule has 0 nitrogen and oxygen atoms in total. The minimum atomic E-state index is 1.26. The standard InChI is InChI=1S/C2H6.CH2S4/c1-2;1-2-4-5-3-1/h1-2H3;1H2. The van der Waals surface area contributed by atoms with Gasteiger partial charge in [-0.3, -0.25) is 0 Å². The van der Waals surface area contributed by atoms with Gasteiger partial charge in [0.05, 0.1) is 5.08 Å². The summed E-state index contributed by atoms with van der Waals surface area (Å²) in [4.78, 5) is 0. The van der Waals surface area contributed by atoms with Crippen LogP contribution in [0.3, 0.4) is 0 Å². The van der Waals surface area contributed by atoms with Gasteiger partial charge < -0.3 is 0 Å². The Balaban J connectivity index is 0.000000162. The first-order chi connectivity index (χ1) is 3.50. The van der Waals surface area contributed by atoms with Crippen LogP contribution in [0.25, 0.3) is 0 Å². The van der Waals surface area contributed by atoms with Gasteiger partial charge in [0.25, 0.3) is 0 Å². The molecule has 0 spiro atoms. The first kappa shape index (κ1) is 8.40. The molecule has 1 aliphatic heterocycles. The molecule has 0 amide bonds. The molecule has 0 aliphatic carbocycles. The minimum Gasteiger partial charge on any atom is -0.0698 e. The maximum Gasteiger partial charge on any atom is 0.0616 e. The van der Waals surface area contributed by atoms with Crippen LogP contribution in [0.1, 0.15) is 13.8 Å². The zero-order valence-electron chi connectivity index (χ0n) is 4.34. The number of hydrogen-bond donors (Lipinski definition) is 0. The van der Waals surface area contributed by atoms with E-state index in [0.717, 1.165) is 0 Å². The maximum absolute atomic E-state index is 2.00. The van der Waals surface area contributed by atoms with E-state index in [1.807, 2.05) is 55.1 Å². The summed E-state index contributed by atoms with van der Waals surface area (Å²) >= 11 is 0. The molecule has 44 valence electrons. The monoisotopic (exact) mass is 172 g/mol. The predicted molar refractivity (Wildman–Crippen MR) is 46.6 cm³/mol. The molecule has 1 aliphatic rings. The normalized spacial score (nSPS) is 18.0. The molecule has 0 radical (unpaired) electrons. The highest BCUT2D eigenvalue weighted by Crippen LogP contribution is 2.53. The van der Waals surface area contributed by atoms with E-state index >= 15 is 0 Å². The molecule has 0 aromatic heterocycles. The van der Waals surface area contributed by atoms with Crippen molar-refractivity contribution in [1.82, 2.24) is 0 Å². The summed E-state index contributed by atoms with van der Waals surface area (Å²) < 4.78 is 0.